The Labute approximate surface area is 106 Å². The van der Waals surface area contributed by atoms with Crippen molar-refractivity contribution < 1.29 is 14.6 Å². The van der Waals surface area contributed by atoms with Gasteiger partial charge < -0.3 is 15.2 Å². The second kappa shape index (κ2) is 6.35. The van der Waals surface area contributed by atoms with Crippen LogP contribution in [0.15, 0.2) is 24.4 Å². The molecule has 1 saturated heterocycles. The standard InChI is InChI=1S/C13H18N2O3/c16-13(17)11(10-4-7-18-8-5-10)9-15-12-3-1-2-6-14-12/h1-3,6,10-11H,4-5,7-9H2,(H,14,15)(H,16,17). The van der Waals surface area contributed by atoms with E-state index in [0.717, 1.165) is 18.7 Å². The van der Waals surface area contributed by atoms with Gasteiger partial charge in [0.1, 0.15) is 5.82 Å². The molecule has 1 atom stereocenters. The Morgan fingerprint density at radius 1 is 1.50 bits per heavy atom. The maximum absolute atomic E-state index is 11.3. The molecule has 2 N–H and O–H groups in total. The van der Waals surface area contributed by atoms with Gasteiger partial charge in [0.2, 0.25) is 0 Å². The third-order valence-electron chi connectivity index (χ3n) is 3.32. The van der Waals surface area contributed by atoms with E-state index >= 15 is 0 Å². The minimum absolute atomic E-state index is 0.187. The number of carbonyl (C=O) groups is 1. The van der Waals surface area contributed by atoms with E-state index < -0.39 is 5.97 Å². The molecule has 2 heterocycles. The topological polar surface area (TPSA) is 71.5 Å². The largest absolute Gasteiger partial charge is 0.481 e. The Bertz CT molecular complexity index is 377. The van der Waals surface area contributed by atoms with E-state index in [1.54, 1.807) is 6.20 Å². The second-order valence-electron chi connectivity index (χ2n) is 4.49. The van der Waals surface area contributed by atoms with Crippen LogP contribution in [0.5, 0.6) is 0 Å². The molecule has 0 spiro atoms. The average molecular weight is 250 g/mol. The highest BCUT2D eigenvalue weighted by Gasteiger charge is 2.29. The number of pyridine rings is 1. The molecule has 0 aliphatic carbocycles. The number of nitrogens with zero attached hydrogens (tertiary/aromatic N) is 1. The SMILES string of the molecule is O=C(O)C(CNc1ccccn1)C1CCOCC1. The highest BCUT2D eigenvalue weighted by molar-refractivity contribution is 5.71. The van der Waals surface area contributed by atoms with Crippen LogP contribution in [0.4, 0.5) is 5.82 Å². The van der Waals surface area contributed by atoms with Crippen molar-refractivity contribution in [1.29, 1.82) is 0 Å². The normalized spacial score (nSPS) is 18.2. The molecular formula is C13H18N2O3. The number of carboxylic acid groups (broad SMARTS) is 1. The van der Waals surface area contributed by atoms with Crippen LogP contribution < -0.4 is 5.32 Å². The summed E-state index contributed by atoms with van der Waals surface area (Å²) in [7, 11) is 0. The van der Waals surface area contributed by atoms with Crippen molar-refractivity contribution in [3.8, 4) is 0 Å². The smallest absolute Gasteiger partial charge is 0.308 e. The van der Waals surface area contributed by atoms with Crippen molar-refractivity contribution in [3.05, 3.63) is 24.4 Å². The van der Waals surface area contributed by atoms with Crippen LogP contribution in [0.25, 0.3) is 0 Å². The number of nitrogens with one attached hydrogen (secondary N) is 1. The molecule has 0 bridgehead atoms. The molecule has 5 nitrogen and oxygen atoms in total. The molecule has 2 rings (SSSR count). The minimum atomic E-state index is -0.745. The summed E-state index contributed by atoms with van der Waals surface area (Å²) in [5.41, 5.74) is 0. The molecule has 0 saturated carbocycles. The van der Waals surface area contributed by atoms with Gasteiger partial charge in [-0.25, -0.2) is 4.98 Å². The van der Waals surface area contributed by atoms with E-state index in [4.69, 9.17) is 4.74 Å². The molecule has 1 aromatic rings. The summed E-state index contributed by atoms with van der Waals surface area (Å²) in [6, 6.07) is 5.54. The average Bonchev–Trinajstić information content (AvgIpc) is 2.41. The number of aliphatic carboxylic acids is 1. The summed E-state index contributed by atoms with van der Waals surface area (Å²) in [6.45, 7) is 1.74. The van der Waals surface area contributed by atoms with Gasteiger partial charge >= 0.3 is 5.97 Å². The lowest BCUT2D eigenvalue weighted by Gasteiger charge is -2.27. The van der Waals surface area contributed by atoms with Gasteiger partial charge in [0.15, 0.2) is 0 Å². The van der Waals surface area contributed by atoms with E-state index in [1.165, 1.54) is 0 Å². The Morgan fingerprint density at radius 3 is 2.89 bits per heavy atom. The van der Waals surface area contributed by atoms with Gasteiger partial charge in [0.25, 0.3) is 0 Å². The van der Waals surface area contributed by atoms with Crippen LogP contribution in [-0.2, 0) is 9.53 Å². The number of aromatic nitrogens is 1. The predicted molar refractivity (Wildman–Crippen MR) is 67.4 cm³/mol. The summed E-state index contributed by atoms with van der Waals surface area (Å²) in [5, 5.41) is 12.4. The van der Waals surface area contributed by atoms with Crippen LogP contribution in [0.2, 0.25) is 0 Å². The lowest BCUT2D eigenvalue weighted by Crippen LogP contribution is -2.34. The van der Waals surface area contributed by atoms with Gasteiger partial charge in [-0.15, -0.1) is 0 Å². The maximum Gasteiger partial charge on any atom is 0.308 e. The summed E-state index contributed by atoms with van der Waals surface area (Å²) in [4.78, 5) is 15.4. The Morgan fingerprint density at radius 2 is 2.28 bits per heavy atom. The molecule has 1 aromatic heterocycles. The molecule has 1 fully saturated rings. The van der Waals surface area contributed by atoms with Crippen molar-refractivity contribution in [3.63, 3.8) is 0 Å². The molecule has 1 aliphatic rings. The third kappa shape index (κ3) is 3.43. The van der Waals surface area contributed by atoms with Crippen molar-refractivity contribution in [2.75, 3.05) is 25.1 Å². The quantitative estimate of drug-likeness (QED) is 0.831. The lowest BCUT2D eigenvalue weighted by molar-refractivity contribution is -0.144. The first kappa shape index (κ1) is 12.8. The fourth-order valence-electron chi connectivity index (χ4n) is 2.26. The Kier molecular flexibility index (Phi) is 4.52. The zero-order valence-electron chi connectivity index (χ0n) is 10.2. The zero-order valence-corrected chi connectivity index (χ0v) is 10.2. The number of hydrogen-bond acceptors (Lipinski definition) is 4. The monoisotopic (exact) mass is 250 g/mol. The lowest BCUT2D eigenvalue weighted by atomic mass is 9.86. The number of hydrogen-bond donors (Lipinski definition) is 2. The summed E-state index contributed by atoms with van der Waals surface area (Å²) < 4.78 is 5.27. The number of ether oxygens (including phenoxy) is 1. The van der Waals surface area contributed by atoms with E-state index in [2.05, 4.69) is 10.3 Å². The first-order valence-corrected chi connectivity index (χ1v) is 6.23. The minimum Gasteiger partial charge on any atom is -0.481 e. The Balaban J connectivity index is 1.92. The fraction of sp³-hybridized carbons (Fsp3) is 0.538. The molecule has 0 radical (unpaired) electrons. The Hall–Kier alpha value is -1.62. The molecule has 0 amide bonds. The van der Waals surface area contributed by atoms with Gasteiger partial charge in [0.05, 0.1) is 5.92 Å². The molecule has 0 aromatic carbocycles. The molecule has 5 heteroatoms. The van der Waals surface area contributed by atoms with Crippen molar-refractivity contribution in [2.24, 2.45) is 11.8 Å². The first-order chi connectivity index (χ1) is 8.77. The van der Waals surface area contributed by atoms with Gasteiger partial charge in [-0.2, -0.15) is 0 Å². The van der Waals surface area contributed by atoms with E-state index in [-0.39, 0.29) is 11.8 Å². The van der Waals surface area contributed by atoms with Gasteiger partial charge in [0, 0.05) is 26.0 Å². The van der Waals surface area contributed by atoms with Crippen LogP contribution in [0, 0.1) is 11.8 Å². The first-order valence-electron chi connectivity index (χ1n) is 6.23. The fourth-order valence-corrected chi connectivity index (χ4v) is 2.26. The van der Waals surface area contributed by atoms with Crippen molar-refractivity contribution in [1.82, 2.24) is 4.98 Å². The number of carboxylic acids is 1. The van der Waals surface area contributed by atoms with E-state index in [9.17, 15) is 9.90 Å². The van der Waals surface area contributed by atoms with E-state index in [0.29, 0.717) is 19.8 Å². The van der Waals surface area contributed by atoms with Crippen LogP contribution >= 0.6 is 0 Å². The van der Waals surface area contributed by atoms with Crippen LogP contribution in [0.3, 0.4) is 0 Å². The van der Waals surface area contributed by atoms with Gasteiger partial charge in [-0.1, -0.05) is 6.07 Å². The molecule has 1 unspecified atom stereocenters. The zero-order chi connectivity index (χ0) is 12.8. The molecule has 18 heavy (non-hydrogen) atoms. The maximum atomic E-state index is 11.3. The number of rotatable bonds is 5. The van der Waals surface area contributed by atoms with E-state index in [1.807, 2.05) is 18.2 Å². The van der Waals surface area contributed by atoms with Gasteiger partial charge in [-0.3, -0.25) is 4.79 Å². The van der Waals surface area contributed by atoms with Gasteiger partial charge in [-0.05, 0) is 30.9 Å². The summed E-state index contributed by atoms with van der Waals surface area (Å²) in [6.07, 6.45) is 3.33. The molecule has 98 valence electrons. The summed E-state index contributed by atoms with van der Waals surface area (Å²) >= 11 is 0. The van der Waals surface area contributed by atoms with Crippen molar-refractivity contribution in [2.45, 2.75) is 12.8 Å². The molecular weight excluding hydrogens is 232 g/mol. The predicted octanol–water partition coefficient (Wildman–Crippen LogP) is 1.62. The second-order valence-corrected chi connectivity index (χ2v) is 4.49. The highest BCUT2D eigenvalue weighted by Crippen LogP contribution is 2.24. The highest BCUT2D eigenvalue weighted by atomic mass is 16.5. The van der Waals surface area contributed by atoms with Crippen molar-refractivity contribution >= 4 is 11.8 Å². The van der Waals surface area contributed by atoms with Crippen LogP contribution in [0.1, 0.15) is 12.8 Å². The van der Waals surface area contributed by atoms with Crippen LogP contribution in [-0.4, -0.2) is 35.8 Å². The number of anilines is 1. The summed E-state index contributed by atoms with van der Waals surface area (Å²) in [5.74, 6) is -0.218. The third-order valence-corrected chi connectivity index (χ3v) is 3.32. The molecule has 1 aliphatic heterocycles.